The Morgan fingerprint density at radius 3 is 1.76 bits per heavy atom. The molecule has 0 amide bonds. The van der Waals surface area contributed by atoms with E-state index in [4.69, 9.17) is 34.8 Å². The highest BCUT2D eigenvalue weighted by molar-refractivity contribution is 6.45. The molecule has 1 atom stereocenters. The Morgan fingerprint density at radius 1 is 0.706 bits per heavy atom. The van der Waals surface area contributed by atoms with Gasteiger partial charge in [0.1, 0.15) is 4.84 Å². The summed E-state index contributed by atoms with van der Waals surface area (Å²) in [6.07, 6.45) is 0. The van der Waals surface area contributed by atoms with E-state index < -0.39 is 4.84 Å². The van der Waals surface area contributed by atoms with Gasteiger partial charge in [-0.05, 0) is 23.3 Å². The van der Waals surface area contributed by atoms with Gasteiger partial charge in [0, 0.05) is 10.9 Å². The number of hydrogen-bond acceptors (Lipinski definition) is 0. The molecule has 0 saturated heterocycles. The number of alkyl halides is 2. The van der Waals surface area contributed by atoms with Crippen LogP contribution in [0.5, 0.6) is 0 Å². The Kier molecular flexibility index (Phi) is 4.33. The molecule has 0 aromatic heterocycles. The fraction of sp³-hybridized carbons (Fsp3) is 0.143. The van der Waals surface area contributed by atoms with E-state index in [0.717, 1.165) is 11.1 Å². The standard InChI is InChI=1S/C14H11Cl3/c15-12-8-6-11(7-9-12)13(14(16)17)10-4-2-1-3-5-10/h1-9,13-14H. The van der Waals surface area contributed by atoms with Gasteiger partial charge in [0.15, 0.2) is 0 Å². The summed E-state index contributed by atoms with van der Waals surface area (Å²) in [5.41, 5.74) is 2.17. The van der Waals surface area contributed by atoms with E-state index in [1.54, 1.807) is 0 Å². The summed E-state index contributed by atoms with van der Waals surface area (Å²) in [4.78, 5) is -0.487. The average molecular weight is 286 g/mol. The predicted molar refractivity (Wildman–Crippen MR) is 75.2 cm³/mol. The molecule has 0 fully saturated rings. The van der Waals surface area contributed by atoms with Crippen molar-refractivity contribution < 1.29 is 0 Å². The Labute approximate surface area is 116 Å². The lowest BCUT2D eigenvalue weighted by Crippen LogP contribution is -2.08. The molecule has 0 spiro atoms. The zero-order valence-electron chi connectivity index (χ0n) is 8.98. The molecule has 0 aliphatic carbocycles. The molecule has 17 heavy (non-hydrogen) atoms. The summed E-state index contributed by atoms with van der Waals surface area (Å²) in [6, 6.07) is 17.6. The maximum absolute atomic E-state index is 6.09. The molecular weight excluding hydrogens is 275 g/mol. The van der Waals surface area contributed by atoms with E-state index in [-0.39, 0.29) is 5.92 Å². The Morgan fingerprint density at radius 2 is 1.24 bits per heavy atom. The number of rotatable bonds is 3. The van der Waals surface area contributed by atoms with Crippen LogP contribution in [0.3, 0.4) is 0 Å². The molecule has 3 heteroatoms. The van der Waals surface area contributed by atoms with Crippen LogP contribution in [0.4, 0.5) is 0 Å². The molecule has 0 bridgehead atoms. The molecular formula is C14H11Cl3. The third-order valence-corrected chi connectivity index (χ3v) is 3.40. The van der Waals surface area contributed by atoms with Crippen molar-refractivity contribution in [3.8, 4) is 0 Å². The summed E-state index contributed by atoms with van der Waals surface area (Å²) in [5, 5.41) is 0.709. The molecule has 0 saturated carbocycles. The third kappa shape index (κ3) is 3.16. The minimum atomic E-state index is -0.487. The van der Waals surface area contributed by atoms with Gasteiger partial charge in [0.25, 0.3) is 0 Å². The molecule has 88 valence electrons. The van der Waals surface area contributed by atoms with Gasteiger partial charge >= 0.3 is 0 Å². The quantitative estimate of drug-likeness (QED) is 0.673. The zero-order valence-corrected chi connectivity index (χ0v) is 11.3. The van der Waals surface area contributed by atoms with Crippen LogP contribution in [0.1, 0.15) is 17.0 Å². The summed E-state index contributed by atoms with van der Waals surface area (Å²) in [5.74, 6) is -0.0307. The average Bonchev–Trinajstić information content (AvgIpc) is 2.33. The van der Waals surface area contributed by atoms with Crippen LogP contribution < -0.4 is 0 Å². The molecule has 2 aromatic rings. The second-order valence-electron chi connectivity index (χ2n) is 3.77. The van der Waals surface area contributed by atoms with Gasteiger partial charge < -0.3 is 0 Å². The maximum Gasteiger partial charge on any atom is 0.118 e. The van der Waals surface area contributed by atoms with Gasteiger partial charge in [-0.15, -0.1) is 23.2 Å². The van der Waals surface area contributed by atoms with Crippen LogP contribution in [-0.4, -0.2) is 4.84 Å². The highest BCUT2D eigenvalue weighted by Crippen LogP contribution is 2.33. The van der Waals surface area contributed by atoms with Crippen molar-refractivity contribution in [2.24, 2.45) is 0 Å². The van der Waals surface area contributed by atoms with Gasteiger partial charge in [-0.25, -0.2) is 0 Å². The van der Waals surface area contributed by atoms with Gasteiger partial charge in [-0.1, -0.05) is 54.1 Å². The predicted octanol–water partition coefficient (Wildman–Crippen LogP) is 5.28. The molecule has 1 unspecified atom stereocenters. The number of halogens is 3. The molecule has 0 aliphatic rings. The van der Waals surface area contributed by atoms with Crippen LogP contribution in [0.15, 0.2) is 54.6 Å². The van der Waals surface area contributed by atoms with E-state index in [2.05, 4.69) is 0 Å². The molecule has 0 aliphatic heterocycles. The van der Waals surface area contributed by atoms with Crippen LogP contribution >= 0.6 is 34.8 Å². The lowest BCUT2D eigenvalue weighted by atomic mass is 9.93. The number of benzene rings is 2. The minimum absolute atomic E-state index is 0.0307. The molecule has 0 radical (unpaired) electrons. The van der Waals surface area contributed by atoms with Crippen LogP contribution in [-0.2, 0) is 0 Å². The van der Waals surface area contributed by atoms with Gasteiger partial charge in [-0.3, -0.25) is 0 Å². The fourth-order valence-corrected chi connectivity index (χ4v) is 2.52. The van der Waals surface area contributed by atoms with Crippen molar-refractivity contribution in [3.05, 3.63) is 70.7 Å². The minimum Gasteiger partial charge on any atom is -0.104 e. The normalized spacial score (nSPS) is 12.7. The SMILES string of the molecule is Clc1ccc(C(c2ccccc2)C(Cl)Cl)cc1. The lowest BCUT2D eigenvalue weighted by Gasteiger charge is -2.19. The van der Waals surface area contributed by atoms with Gasteiger partial charge in [0.2, 0.25) is 0 Å². The summed E-state index contributed by atoms with van der Waals surface area (Å²) < 4.78 is 0. The topological polar surface area (TPSA) is 0 Å². The van der Waals surface area contributed by atoms with E-state index in [1.807, 2.05) is 54.6 Å². The summed E-state index contributed by atoms with van der Waals surface area (Å²) in [7, 11) is 0. The first-order chi connectivity index (χ1) is 8.18. The van der Waals surface area contributed by atoms with E-state index in [1.165, 1.54) is 0 Å². The number of hydrogen-bond donors (Lipinski definition) is 0. The second kappa shape index (κ2) is 5.77. The second-order valence-corrected chi connectivity index (χ2v) is 5.37. The van der Waals surface area contributed by atoms with Crippen molar-refractivity contribution in [2.45, 2.75) is 10.8 Å². The molecule has 0 N–H and O–H groups in total. The van der Waals surface area contributed by atoms with Crippen molar-refractivity contribution in [2.75, 3.05) is 0 Å². The Balaban J connectivity index is 2.39. The molecule has 0 nitrogen and oxygen atoms in total. The summed E-state index contributed by atoms with van der Waals surface area (Å²) in [6.45, 7) is 0. The van der Waals surface area contributed by atoms with Crippen molar-refractivity contribution in [1.29, 1.82) is 0 Å². The van der Waals surface area contributed by atoms with Gasteiger partial charge in [0.05, 0.1) is 0 Å². The molecule has 2 aromatic carbocycles. The van der Waals surface area contributed by atoms with Crippen LogP contribution in [0, 0.1) is 0 Å². The third-order valence-electron chi connectivity index (χ3n) is 2.64. The smallest absolute Gasteiger partial charge is 0.104 e. The van der Waals surface area contributed by atoms with E-state index in [9.17, 15) is 0 Å². The Bertz CT molecular complexity index is 463. The van der Waals surface area contributed by atoms with Gasteiger partial charge in [-0.2, -0.15) is 0 Å². The van der Waals surface area contributed by atoms with Crippen molar-refractivity contribution in [1.82, 2.24) is 0 Å². The zero-order chi connectivity index (χ0) is 12.3. The largest absolute Gasteiger partial charge is 0.118 e. The van der Waals surface area contributed by atoms with E-state index in [0.29, 0.717) is 5.02 Å². The summed E-state index contributed by atoms with van der Waals surface area (Å²) >= 11 is 18.0. The first-order valence-corrected chi connectivity index (χ1v) is 6.52. The van der Waals surface area contributed by atoms with Crippen LogP contribution in [0.2, 0.25) is 5.02 Å². The first kappa shape index (κ1) is 12.8. The first-order valence-electron chi connectivity index (χ1n) is 5.27. The van der Waals surface area contributed by atoms with E-state index >= 15 is 0 Å². The van der Waals surface area contributed by atoms with Crippen molar-refractivity contribution in [3.63, 3.8) is 0 Å². The molecule has 2 rings (SSSR count). The van der Waals surface area contributed by atoms with Crippen molar-refractivity contribution >= 4 is 34.8 Å². The highest BCUT2D eigenvalue weighted by atomic mass is 35.5. The fourth-order valence-electron chi connectivity index (χ4n) is 1.81. The monoisotopic (exact) mass is 284 g/mol. The highest BCUT2D eigenvalue weighted by Gasteiger charge is 2.20. The maximum atomic E-state index is 6.09. The Hall–Kier alpha value is -0.690. The lowest BCUT2D eigenvalue weighted by molar-refractivity contribution is 0.887. The molecule has 0 heterocycles. The van der Waals surface area contributed by atoms with Crippen LogP contribution in [0.25, 0.3) is 0 Å².